The van der Waals surface area contributed by atoms with E-state index < -0.39 is 0 Å². The monoisotopic (exact) mass is 321 g/mol. The van der Waals surface area contributed by atoms with Crippen LogP contribution in [0, 0.1) is 0 Å². The van der Waals surface area contributed by atoms with Gasteiger partial charge in [0.2, 0.25) is 0 Å². The van der Waals surface area contributed by atoms with Crippen molar-refractivity contribution in [3.8, 4) is 0 Å². The molecule has 0 spiro atoms. The molecule has 4 heteroatoms. The maximum absolute atomic E-state index is 5.80. The molecule has 0 amide bonds. The van der Waals surface area contributed by atoms with Crippen molar-refractivity contribution in [3.63, 3.8) is 0 Å². The first kappa shape index (κ1) is 20.1. The fourth-order valence-corrected chi connectivity index (χ4v) is 2.66. The Hall–Kier alpha value is -0.940. The quantitative estimate of drug-likeness (QED) is 0.567. The second-order valence-electron chi connectivity index (χ2n) is 6.21. The Kier molecular flexibility index (Phi) is 10.9. The van der Waals surface area contributed by atoms with E-state index in [2.05, 4.69) is 55.0 Å². The first-order chi connectivity index (χ1) is 11.2. The predicted octanol–water partition coefficient (Wildman–Crippen LogP) is 2.72. The highest BCUT2D eigenvalue weighted by Crippen LogP contribution is 2.06. The molecule has 1 aromatic rings. The van der Waals surface area contributed by atoms with E-state index in [0.717, 1.165) is 32.8 Å². The normalized spacial score (nSPS) is 11.6. The summed E-state index contributed by atoms with van der Waals surface area (Å²) in [5.74, 6) is 0. The van der Waals surface area contributed by atoms with E-state index in [0.29, 0.717) is 6.54 Å². The summed E-state index contributed by atoms with van der Waals surface area (Å²) < 4.78 is 5.80. The molecule has 0 aromatic heterocycles. The molecule has 1 rings (SSSR count). The van der Waals surface area contributed by atoms with Crippen LogP contribution in [0.3, 0.4) is 0 Å². The molecule has 2 N–H and O–H groups in total. The highest BCUT2D eigenvalue weighted by molar-refractivity contribution is 5.22. The van der Waals surface area contributed by atoms with Crippen molar-refractivity contribution in [3.05, 3.63) is 35.4 Å². The molecule has 0 unspecified atom stereocenters. The largest absolute Gasteiger partial charge is 0.379 e. The minimum atomic E-state index is 0.608. The van der Waals surface area contributed by atoms with Gasteiger partial charge in [-0.15, -0.1) is 0 Å². The zero-order chi connectivity index (χ0) is 16.9. The molecule has 0 aliphatic carbocycles. The van der Waals surface area contributed by atoms with Crippen molar-refractivity contribution in [1.82, 2.24) is 9.80 Å². The smallest absolute Gasteiger partial charge is 0.0594 e. The molecular weight excluding hydrogens is 286 g/mol. The van der Waals surface area contributed by atoms with Gasteiger partial charge in [-0.25, -0.2) is 0 Å². The van der Waals surface area contributed by atoms with Crippen LogP contribution in [-0.2, 0) is 17.8 Å². The maximum atomic E-state index is 5.80. The van der Waals surface area contributed by atoms with Crippen molar-refractivity contribution in [2.75, 3.05) is 46.4 Å². The number of hydrogen-bond donors (Lipinski definition) is 1. The lowest BCUT2D eigenvalue weighted by Crippen LogP contribution is -2.30. The zero-order valence-corrected chi connectivity index (χ0v) is 15.3. The molecule has 0 saturated heterocycles. The van der Waals surface area contributed by atoms with Crippen LogP contribution in [0.25, 0.3) is 0 Å². The fraction of sp³-hybridized carbons (Fsp3) is 0.684. The Morgan fingerprint density at radius 1 is 0.870 bits per heavy atom. The van der Waals surface area contributed by atoms with Gasteiger partial charge in [-0.1, -0.05) is 38.1 Å². The minimum absolute atomic E-state index is 0.608. The van der Waals surface area contributed by atoms with Gasteiger partial charge in [0.25, 0.3) is 0 Å². The summed E-state index contributed by atoms with van der Waals surface area (Å²) in [6.07, 6.45) is 2.43. The lowest BCUT2D eigenvalue weighted by atomic mass is 10.1. The summed E-state index contributed by atoms with van der Waals surface area (Å²) in [6, 6.07) is 8.53. The third-order valence-corrected chi connectivity index (χ3v) is 3.96. The predicted molar refractivity (Wildman–Crippen MR) is 98.5 cm³/mol. The van der Waals surface area contributed by atoms with Gasteiger partial charge in [-0.05, 0) is 44.1 Å². The van der Waals surface area contributed by atoms with Gasteiger partial charge in [0, 0.05) is 26.2 Å². The molecule has 0 heterocycles. The van der Waals surface area contributed by atoms with E-state index in [1.165, 1.54) is 37.1 Å². The Morgan fingerprint density at radius 2 is 1.43 bits per heavy atom. The number of benzene rings is 1. The lowest BCUT2D eigenvalue weighted by molar-refractivity contribution is 0.0869. The van der Waals surface area contributed by atoms with Crippen LogP contribution in [0.4, 0.5) is 0 Å². The maximum Gasteiger partial charge on any atom is 0.0594 e. The summed E-state index contributed by atoms with van der Waals surface area (Å²) in [5, 5.41) is 0. The summed E-state index contributed by atoms with van der Waals surface area (Å²) in [6.45, 7) is 12.0. The molecule has 0 atom stereocenters. The van der Waals surface area contributed by atoms with E-state index in [1.54, 1.807) is 0 Å². The van der Waals surface area contributed by atoms with Gasteiger partial charge in [-0.3, -0.25) is 4.90 Å². The van der Waals surface area contributed by atoms with Crippen LogP contribution in [-0.4, -0.2) is 56.2 Å². The third kappa shape index (κ3) is 9.06. The van der Waals surface area contributed by atoms with Gasteiger partial charge < -0.3 is 15.4 Å². The minimum Gasteiger partial charge on any atom is -0.379 e. The molecule has 0 fully saturated rings. The van der Waals surface area contributed by atoms with Gasteiger partial charge in [0.1, 0.15) is 0 Å². The number of nitrogens with two attached hydrogens (primary N) is 1. The second-order valence-corrected chi connectivity index (χ2v) is 6.21. The molecule has 4 nitrogen and oxygen atoms in total. The van der Waals surface area contributed by atoms with Crippen molar-refractivity contribution in [1.29, 1.82) is 0 Å². The van der Waals surface area contributed by atoms with Gasteiger partial charge in [-0.2, -0.15) is 0 Å². The molecule has 0 aliphatic heterocycles. The molecular formula is C19H35N3O. The molecule has 0 bridgehead atoms. The zero-order valence-electron chi connectivity index (χ0n) is 15.3. The standard InChI is InChI=1S/C19H35N3O/c1-4-10-22(11-5-2)13-15-23-14-12-21(3)17-19-8-6-18(16-20)7-9-19/h6-9H,4-5,10-17,20H2,1-3H3. The molecule has 23 heavy (non-hydrogen) atoms. The molecule has 0 radical (unpaired) electrons. The summed E-state index contributed by atoms with van der Waals surface area (Å²) in [5.41, 5.74) is 8.13. The first-order valence-corrected chi connectivity index (χ1v) is 8.96. The average molecular weight is 322 g/mol. The van der Waals surface area contributed by atoms with E-state index >= 15 is 0 Å². The second kappa shape index (κ2) is 12.5. The topological polar surface area (TPSA) is 41.7 Å². The number of rotatable bonds is 13. The summed E-state index contributed by atoms with van der Waals surface area (Å²) in [4.78, 5) is 4.79. The van der Waals surface area contributed by atoms with Crippen molar-refractivity contribution in [2.24, 2.45) is 5.73 Å². The number of hydrogen-bond acceptors (Lipinski definition) is 4. The number of ether oxygens (including phenoxy) is 1. The van der Waals surface area contributed by atoms with E-state index in [1.807, 2.05) is 0 Å². The molecule has 0 saturated carbocycles. The summed E-state index contributed by atoms with van der Waals surface area (Å²) >= 11 is 0. The van der Waals surface area contributed by atoms with Gasteiger partial charge >= 0.3 is 0 Å². The third-order valence-electron chi connectivity index (χ3n) is 3.96. The van der Waals surface area contributed by atoms with Crippen LogP contribution in [0.5, 0.6) is 0 Å². The lowest BCUT2D eigenvalue weighted by Gasteiger charge is -2.21. The highest BCUT2D eigenvalue weighted by atomic mass is 16.5. The van der Waals surface area contributed by atoms with E-state index in [9.17, 15) is 0 Å². The first-order valence-electron chi connectivity index (χ1n) is 8.96. The van der Waals surface area contributed by atoms with Gasteiger partial charge in [0.15, 0.2) is 0 Å². The van der Waals surface area contributed by atoms with Crippen LogP contribution in [0.2, 0.25) is 0 Å². The summed E-state index contributed by atoms with van der Waals surface area (Å²) in [7, 11) is 2.14. The Balaban J connectivity index is 2.14. The molecule has 0 aliphatic rings. The number of nitrogens with zero attached hydrogens (tertiary/aromatic N) is 2. The molecule has 132 valence electrons. The van der Waals surface area contributed by atoms with E-state index in [4.69, 9.17) is 10.5 Å². The average Bonchev–Trinajstić information content (AvgIpc) is 2.55. The Labute approximate surface area is 142 Å². The van der Waals surface area contributed by atoms with E-state index in [-0.39, 0.29) is 0 Å². The van der Waals surface area contributed by atoms with Crippen LogP contribution in [0.1, 0.15) is 37.8 Å². The van der Waals surface area contributed by atoms with Gasteiger partial charge in [0.05, 0.1) is 13.2 Å². The Bertz CT molecular complexity index is 388. The molecule has 1 aromatic carbocycles. The SMILES string of the molecule is CCCN(CCC)CCOCCN(C)Cc1ccc(CN)cc1. The number of likely N-dealkylation sites (N-methyl/N-ethyl adjacent to an activating group) is 1. The van der Waals surface area contributed by atoms with Crippen molar-refractivity contribution in [2.45, 2.75) is 39.8 Å². The van der Waals surface area contributed by atoms with Crippen molar-refractivity contribution >= 4 is 0 Å². The highest BCUT2D eigenvalue weighted by Gasteiger charge is 2.03. The van der Waals surface area contributed by atoms with Crippen LogP contribution >= 0.6 is 0 Å². The van der Waals surface area contributed by atoms with Crippen LogP contribution in [0.15, 0.2) is 24.3 Å². The van der Waals surface area contributed by atoms with Crippen molar-refractivity contribution < 1.29 is 4.74 Å². The Morgan fingerprint density at radius 3 is 2.00 bits per heavy atom. The van der Waals surface area contributed by atoms with Crippen LogP contribution < -0.4 is 5.73 Å². The fourth-order valence-electron chi connectivity index (χ4n) is 2.66.